The van der Waals surface area contributed by atoms with Gasteiger partial charge in [-0.15, -0.1) is 11.3 Å². The summed E-state index contributed by atoms with van der Waals surface area (Å²) in [5.74, 6) is -0.364. The van der Waals surface area contributed by atoms with Gasteiger partial charge in [0.25, 0.3) is 0 Å². The van der Waals surface area contributed by atoms with Gasteiger partial charge >= 0.3 is 5.76 Å². The molecule has 0 bridgehead atoms. The van der Waals surface area contributed by atoms with E-state index in [9.17, 15) is 4.79 Å². The largest absolute Gasteiger partial charge is 0.419 e. The zero-order valence-corrected chi connectivity index (χ0v) is 10.7. The minimum atomic E-state index is -0.364. The fourth-order valence-corrected chi connectivity index (χ4v) is 2.68. The zero-order valence-electron chi connectivity index (χ0n) is 9.93. The summed E-state index contributed by atoms with van der Waals surface area (Å²) in [5.41, 5.74) is 8.76. The number of rotatable bonds is 1. The maximum Gasteiger partial charge on any atom is 0.419 e. The molecule has 92 valence electrons. The predicted octanol–water partition coefficient (Wildman–Crippen LogP) is 2.15. The number of anilines is 1. The van der Waals surface area contributed by atoms with Crippen molar-refractivity contribution < 1.29 is 4.42 Å². The third kappa shape index (κ3) is 1.53. The van der Waals surface area contributed by atoms with E-state index in [4.69, 9.17) is 10.2 Å². The van der Waals surface area contributed by atoms with E-state index >= 15 is 0 Å². The smallest absolute Gasteiger partial charge is 0.408 e. The van der Waals surface area contributed by atoms with Gasteiger partial charge in [-0.3, -0.25) is 4.57 Å². The highest BCUT2D eigenvalue weighted by Crippen LogP contribution is 2.30. The van der Waals surface area contributed by atoms with E-state index in [1.807, 2.05) is 25.1 Å². The molecule has 0 saturated carbocycles. The second kappa shape index (κ2) is 3.71. The maximum absolute atomic E-state index is 11.4. The summed E-state index contributed by atoms with van der Waals surface area (Å²) in [6, 6.07) is 5.58. The van der Waals surface area contributed by atoms with Gasteiger partial charge in [-0.1, -0.05) is 6.07 Å². The third-order valence-corrected chi connectivity index (χ3v) is 3.68. The molecule has 0 aliphatic carbocycles. The molecule has 0 spiro atoms. The molecule has 2 heterocycles. The monoisotopic (exact) mass is 261 g/mol. The van der Waals surface area contributed by atoms with Crippen LogP contribution in [0.25, 0.3) is 22.4 Å². The Morgan fingerprint density at radius 1 is 1.44 bits per heavy atom. The van der Waals surface area contributed by atoms with Crippen molar-refractivity contribution in [1.29, 1.82) is 0 Å². The molecular weight excluding hydrogens is 250 g/mol. The molecule has 2 aromatic heterocycles. The Hall–Kier alpha value is -2.08. The fraction of sp³-hybridized carbons (Fsp3) is 0.167. The number of nitrogen functional groups attached to an aromatic ring is 1. The number of aryl methyl sites for hydroxylation is 2. The number of oxazole rings is 1. The SMILES string of the molecule is Cc1sc(N)nc1-c1ccc2c(c1)oc(=O)n2C. The number of aromatic nitrogens is 2. The topological polar surface area (TPSA) is 74.1 Å². The summed E-state index contributed by atoms with van der Waals surface area (Å²) < 4.78 is 6.63. The summed E-state index contributed by atoms with van der Waals surface area (Å²) in [6.45, 7) is 1.97. The number of nitrogens with two attached hydrogens (primary N) is 1. The molecule has 0 aliphatic heterocycles. The van der Waals surface area contributed by atoms with E-state index in [0.717, 1.165) is 21.7 Å². The van der Waals surface area contributed by atoms with Crippen LogP contribution in [-0.2, 0) is 7.05 Å². The average molecular weight is 261 g/mol. The molecule has 2 N–H and O–H groups in total. The molecule has 0 fully saturated rings. The van der Waals surface area contributed by atoms with Crippen molar-refractivity contribution in [3.63, 3.8) is 0 Å². The number of fused-ring (bicyclic) bond motifs is 1. The van der Waals surface area contributed by atoms with E-state index in [2.05, 4.69) is 4.98 Å². The molecule has 0 atom stereocenters. The molecule has 1 aromatic carbocycles. The van der Waals surface area contributed by atoms with Crippen LogP contribution in [0.3, 0.4) is 0 Å². The lowest BCUT2D eigenvalue weighted by Gasteiger charge is -1.98. The maximum atomic E-state index is 11.4. The molecule has 0 saturated heterocycles. The number of nitrogens with zero attached hydrogens (tertiary/aromatic N) is 2. The quantitative estimate of drug-likeness (QED) is 0.728. The van der Waals surface area contributed by atoms with Gasteiger partial charge in [-0.25, -0.2) is 9.78 Å². The van der Waals surface area contributed by atoms with Gasteiger partial charge in [0.2, 0.25) is 0 Å². The van der Waals surface area contributed by atoms with Gasteiger partial charge in [-0.05, 0) is 19.1 Å². The van der Waals surface area contributed by atoms with Gasteiger partial charge in [0.05, 0.1) is 11.2 Å². The van der Waals surface area contributed by atoms with Crippen LogP contribution in [0.2, 0.25) is 0 Å². The highest BCUT2D eigenvalue weighted by Gasteiger charge is 2.11. The average Bonchev–Trinajstić information content (AvgIpc) is 2.80. The van der Waals surface area contributed by atoms with Crippen LogP contribution in [0.4, 0.5) is 5.13 Å². The lowest BCUT2D eigenvalue weighted by molar-refractivity contribution is 0.528. The van der Waals surface area contributed by atoms with Gasteiger partial charge in [0.15, 0.2) is 10.7 Å². The lowest BCUT2D eigenvalue weighted by Crippen LogP contribution is -2.08. The summed E-state index contributed by atoms with van der Waals surface area (Å²) in [5, 5.41) is 0.539. The van der Waals surface area contributed by atoms with E-state index < -0.39 is 0 Å². The van der Waals surface area contributed by atoms with Gasteiger partial charge < -0.3 is 10.2 Å². The first kappa shape index (κ1) is 11.0. The minimum Gasteiger partial charge on any atom is -0.408 e. The van der Waals surface area contributed by atoms with Crippen LogP contribution in [0.15, 0.2) is 27.4 Å². The summed E-state index contributed by atoms with van der Waals surface area (Å²) >= 11 is 1.45. The Morgan fingerprint density at radius 3 is 2.89 bits per heavy atom. The van der Waals surface area contributed by atoms with Crippen molar-refractivity contribution in [3.05, 3.63) is 33.6 Å². The first-order valence-electron chi connectivity index (χ1n) is 5.39. The molecule has 3 rings (SSSR count). The number of benzene rings is 1. The summed E-state index contributed by atoms with van der Waals surface area (Å²) in [4.78, 5) is 16.8. The highest BCUT2D eigenvalue weighted by atomic mass is 32.1. The van der Waals surface area contributed by atoms with Gasteiger partial charge in [0, 0.05) is 17.5 Å². The van der Waals surface area contributed by atoms with Crippen molar-refractivity contribution in [3.8, 4) is 11.3 Å². The molecule has 3 aromatic rings. The Labute approximate surface area is 106 Å². The molecule has 0 radical (unpaired) electrons. The summed E-state index contributed by atoms with van der Waals surface area (Å²) in [7, 11) is 1.68. The minimum absolute atomic E-state index is 0.364. The Balaban J connectivity index is 2.25. The number of hydrogen-bond acceptors (Lipinski definition) is 5. The van der Waals surface area contributed by atoms with Crippen molar-refractivity contribution >= 4 is 27.6 Å². The van der Waals surface area contributed by atoms with Gasteiger partial charge in [0.1, 0.15) is 0 Å². The van der Waals surface area contributed by atoms with Crippen LogP contribution < -0.4 is 11.5 Å². The third-order valence-electron chi connectivity index (χ3n) is 2.88. The second-order valence-electron chi connectivity index (χ2n) is 4.07. The van der Waals surface area contributed by atoms with E-state index in [1.165, 1.54) is 15.9 Å². The highest BCUT2D eigenvalue weighted by molar-refractivity contribution is 7.15. The molecule has 18 heavy (non-hydrogen) atoms. The second-order valence-corrected chi connectivity index (χ2v) is 5.30. The van der Waals surface area contributed by atoms with Crippen LogP contribution >= 0.6 is 11.3 Å². The first-order valence-corrected chi connectivity index (χ1v) is 6.21. The molecule has 0 amide bonds. The fourth-order valence-electron chi connectivity index (χ4n) is 1.97. The zero-order chi connectivity index (χ0) is 12.9. The Bertz CT molecular complexity index is 797. The summed E-state index contributed by atoms with van der Waals surface area (Å²) in [6.07, 6.45) is 0. The standard InChI is InChI=1S/C12H11N3O2S/c1-6-10(14-11(13)18-6)7-3-4-8-9(5-7)17-12(16)15(8)2/h3-5H,1-2H3,(H2,13,14). The number of hydrogen-bond donors (Lipinski definition) is 1. The van der Waals surface area contributed by atoms with Crippen LogP contribution in [0.1, 0.15) is 4.88 Å². The van der Waals surface area contributed by atoms with Crippen molar-refractivity contribution in [2.45, 2.75) is 6.92 Å². The van der Waals surface area contributed by atoms with Crippen LogP contribution in [0.5, 0.6) is 0 Å². The molecule has 6 heteroatoms. The van der Waals surface area contributed by atoms with Crippen LogP contribution in [-0.4, -0.2) is 9.55 Å². The Kier molecular flexibility index (Phi) is 2.27. The van der Waals surface area contributed by atoms with Crippen molar-refractivity contribution in [2.24, 2.45) is 7.05 Å². The van der Waals surface area contributed by atoms with E-state index in [-0.39, 0.29) is 5.76 Å². The van der Waals surface area contributed by atoms with E-state index in [0.29, 0.717) is 10.7 Å². The van der Waals surface area contributed by atoms with Gasteiger partial charge in [-0.2, -0.15) is 0 Å². The predicted molar refractivity (Wildman–Crippen MR) is 71.7 cm³/mol. The molecule has 0 aliphatic rings. The van der Waals surface area contributed by atoms with Crippen molar-refractivity contribution in [1.82, 2.24) is 9.55 Å². The Morgan fingerprint density at radius 2 is 2.22 bits per heavy atom. The molecule has 0 unspecified atom stereocenters. The lowest BCUT2D eigenvalue weighted by atomic mass is 10.1. The first-order chi connectivity index (χ1) is 8.56. The molecule has 5 nitrogen and oxygen atoms in total. The van der Waals surface area contributed by atoms with Crippen molar-refractivity contribution in [2.75, 3.05) is 5.73 Å². The van der Waals surface area contributed by atoms with Crippen LogP contribution in [0, 0.1) is 6.92 Å². The molecular formula is C12H11N3O2S. The van der Waals surface area contributed by atoms with E-state index in [1.54, 1.807) is 7.05 Å². The number of thiazole rings is 1. The normalized spacial score (nSPS) is 11.2.